The molecule has 2 fully saturated rings. The van der Waals surface area contributed by atoms with Crippen LogP contribution >= 0.6 is 34.5 Å². The van der Waals surface area contributed by atoms with E-state index in [1.54, 1.807) is 14.0 Å². The van der Waals surface area contributed by atoms with Crippen LogP contribution in [0.15, 0.2) is 0 Å². The zero-order valence-electron chi connectivity index (χ0n) is 19.2. The van der Waals surface area contributed by atoms with Crippen molar-refractivity contribution in [1.29, 1.82) is 0 Å². The number of ether oxygens (including phenoxy) is 1. The third kappa shape index (κ3) is 5.36. The van der Waals surface area contributed by atoms with Crippen molar-refractivity contribution in [2.24, 2.45) is 0 Å². The largest absolute Gasteiger partial charge is 0.477 e. The van der Waals surface area contributed by atoms with Crippen LogP contribution in [0.5, 0.6) is 0 Å². The number of carboxylic acid groups (broad SMARTS) is 1. The normalized spacial score (nSPS) is 21.6. The Morgan fingerprint density at radius 3 is 2.59 bits per heavy atom. The van der Waals surface area contributed by atoms with Gasteiger partial charge >= 0.3 is 5.97 Å². The number of aryl methyl sites for hydroxylation is 1. The number of methoxy groups -OCH3 is 1. The number of hydrogen-bond donors (Lipinski definition) is 3. The first kappa shape index (κ1) is 25.2. The van der Waals surface area contributed by atoms with Crippen LogP contribution in [-0.2, 0) is 11.3 Å². The summed E-state index contributed by atoms with van der Waals surface area (Å²) in [5, 5.41) is 13.9. The molecule has 2 aromatic rings. The van der Waals surface area contributed by atoms with Crippen LogP contribution in [0.3, 0.4) is 0 Å². The molecule has 9 nitrogen and oxygen atoms in total. The predicted octanol–water partition coefficient (Wildman–Crippen LogP) is 3.79. The third-order valence-corrected chi connectivity index (χ3v) is 8.53. The standard InChI is InChI=1S/C22H29Cl2N5O4S/c1-12-16(23)17(24)18(25-12)20(30)26-13-6-9-29(11-15(13)33-2)22-27-14(19(34-22)21(31)32)10-28-7-4-3-5-8-28/h13,15,25H,3-11H2,1-2H3,(H,26,30)(H,31,32)/t13-,15+/m1/s1. The quantitative estimate of drug-likeness (QED) is 0.500. The number of piperidine rings is 2. The Kier molecular flexibility index (Phi) is 8.04. The number of carboxylic acids is 1. The second kappa shape index (κ2) is 10.8. The molecular weight excluding hydrogens is 501 g/mol. The van der Waals surface area contributed by atoms with Crippen molar-refractivity contribution in [3.8, 4) is 0 Å². The van der Waals surface area contributed by atoms with Crippen LogP contribution in [0, 0.1) is 6.92 Å². The van der Waals surface area contributed by atoms with Gasteiger partial charge in [-0.15, -0.1) is 0 Å². The molecule has 0 spiro atoms. The minimum atomic E-state index is -0.946. The first-order chi connectivity index (χ1) is 16.3. The molecule has 3 N–H and O–H groups in total. The Labute approximate surface area is 212 Å². The second-order valence-corrected chi connectivity index (χ2v) is 10.5. The number of likely N-dealkylation sites (tertiary alicyclic amines) is 1. The molecule has 2 aliphatic heterocycles. The summed E-state index contributed by atoms with van der Waals surface area (Å²) in [6, 6.07) is -0.237. The zero-order valence-corrected chi connectivity index (χ0v) is 21.5. The monoisotopic (exact) mass is 529 g/mol. The Balaban J connectivity index is 1.45. The van der Waals surface area contributed by atoms with Gasteiger partial charge in [0, 0.05) is 32.4 Å². The number of aromatic amines is 1. The molecule has 2 atom stereocenters. The second-order valence-electron chi connectivity index (χ2n) is 8.76. The van der Waals surface area contributed by atoms with Gasteiger partial charge in [0.15, 0.2) is 5.13 Å². The molecule has 4 rings (SSSR count). The van der Waals surface area contributed by atoms with E-state index in [2.05, 4.69) is 15.2 Å². The van der Waals surface area contributed by atoms with E-state index in [1.165, 1.54) is 17.8 Å². The summed E-state index contributed by atoms with van der Waals surface area (Å²) in [6.45, 7) is 5.34. The number of aromatic nitrogens is 2. The minimum absolute atomic E-state index is 0.202. The zero-order chi connectivity index (χ0) is 24.4. The van der Waals surface area contributed by atoms with Gasteiger partial charge in [-0.3, -0.25) is 9.69 Å². The van der Waals surface area contributed by atoms with Gasteiger partial charge in [-0.2, -0.15) is 0 Å². The average molecular weight is 530 g/mol. The molecule has 2 saturated heterocycles. The van der Waals surface area contributed by atoms with E-state index >= 15 is 0 Å². The smallest absolute Gasteiger partial charge is 0.347 e. The van der Waals surface area contributed by atoms with Crippen molar-refractivity contribution in [2.45, 2.75) is 51.3 Å². The molecule has 2 aliphatic rings. The highest BCUT2D eigenvalue weighted by Crippen LogP contribution is 2.32. The number of rotatable bonds is 7. The number of amides is 1. The highest BCUT2D eigenvalue weighted by Gasteiger charge is 2.34. The number of thiazole rings is 1. The summed E-state index contributed by atoms with van der Waals surface area (Å²) in [6.07, 6.45) is 3.79. The average Bonchev–Trinajstić information content (AvgIpc) is 3.36. The lowest BCUT2D eigenvalue weighted by atomic mass is 10.0. The Morgan fingerprint density at radius 2 is 1.97 bits per heavy atom. The third-order valence-electron chi connectivity index (χ3n) is 6.43. The predicted molar refractivity (Wildman–Crippen MR) is 133 cm³/mol. The SMILES string of the molecule is CO[C@H]1CN(c2nc(CN3CCCCC3)c(C(=O)O)s2)CC[C@H]1NC(=O)c1[nH]c(C)c(Cl)c1Cl. The molecule has 1 amide bonds. The maximum Gasteiger partial charge on any atom is 0.347 e. The molecule has 0 aliphatic carbocycles. The molecule has 0 aromatic carbocycles. The van der Waals surface area contributed by atoms with E-state index in [4.69, 9.17) is 32.9 Å². The summed E-state index contributed by atoms with van der Waals surface area (Å²) in [7, 11) is 1.60. The number of nitrogens with zero attached hydrogens (tertiary/aromatic N) is 3. The summed E-state index contributed by atoms with van der Waals surface area (Å²) >= 11 is 13.5. The topological polar surface area (TPSA) is 111 Å². The fourth-order valence-electron chi connectivity index (χ4n) is 4.54. The molecule has 0 saturated carbocycles. The van der Waals surface area contributed by atoms with E-state index in [0.29, 0.717) is 52.5 Å². The molecule has 186 valence electrons. The van der Waals surface area contributed by atoms with Crippen LogP contribution < -0.4 is 10.2 Å². The Hall–Kier alpha value is -1.85. The van der Waals surface area contributed by atoms with Gasteiger partial charge in [0.05, 0.1) is 27.9 Å². The van der Waals surface area contributed by atoms with Crippen molar-refractivity contribution in [1.82, 2.24) is 20.2 Å². The molecular formula is C22H29Cl2N5O4S. The van der Waals surface area contributed by atoms with Crippen molar-refractivity contribution in [2.75, 3.05) is 38.2 Å². The fraction of sp³-hybridized carbons (Fsp3) is 0.591. The van der Waals surface area contributed by atoms with Crippen LogP contribution in [0.25, 0.3) is 0 Å². The van der Waals surface area contributed by atoms with Crippen molar-refractivity contribution in [3.05, 3.63) is 32.0 Å². The number of nitrogens with one attached hydrogen (secondary N) is 2. The van der Waals surface area contributed by atoms with Gasteiger partial charge in [0.2, 0.25) is 0 Å². The summed E-state index contributed by atoms with van der Waals surface area (Å²) in [5.74, 6) is -1.29. The number of carbonyl (C=O) groups excluding carboxylic acids is 1. The summed E-state index contributed by atoms with van der Waals surface area (Å²) < 4.78 is 5.68. The van der Waals surface area contributed by atoms with Gasteiger partial charge in [-0.05, 0) is 39.3 Å². The van der Waals surface area contributed by atoms with Gasteiger partial charge in [-0.25, -0.2) is 9.78 Å². The lowest BCUT2D eigenvalue weighted by Crippen LogP contribution is -2.55. The minimum Gasteiger partial charge on any atom is -0.477 e. The maximum atomic E-state index is 12.8. The van der Waals surface area contributed by atoms with Crippen LogP contribution in [0.2, 0.25) is 10.0 Å². The number of H-pyrrole nitrogens is 1. The molecule has 0 bridgehead atoms. The highest BCUT2D eigenvalue weighted by molar-refractivity contribution is 7.17. The van der Waals surface area contributed by atoms with Gasteiger partial charge in [0.1, 0.15) is 10.6 Å². The molecule has 0 unspecified atom stereocenters. The first-order valence-electron chi connectivity index (χ1n) is 11.4. The van der Waals surface area contributed by atoms with Crippen molar-refractivity contribution >= 4 is 51.5 Å². The van der Waals surface area contributed by atoms with Gasteiger partial charge in [-0.1, -0.05) is 41.0 Å². The lowest BCUT2D eigenvalue weighted by molar-refractivity contribution is 0.0540. The highest BCUT2D eigenvalue weighted by atomic mass is 35.5. The number of anilines is 1. The molecule has 12 heteroatoms. The fourth-order valence-corrected chi connectivity index (χ4v) is 5.91. The van der Waals surface area contributed by atoms with E-state index in [9.17, 15) is 14.7 Å². The lowest BCUT2D eigenvalue weighted by Gasteiger charge is -2.37. The van der Waals surface area contributed by atoms with E-state index in [1.807, 2.05) is 4.90 Å². The Morgan fingerprint density at radius 1 is 1.24 bits per heavy atom. The number of aromatic carboxylic acids is 1. The van der Waals surface area contributed by atoms with Crippen LogP contribution in [-0.4, -0.2) is 77.3 Å². The molecule has 2 aromatic heterocycles. The van der Waals surface area contributed by atoms with Crippen molar-refractivity contribution in [3.63, 3.8) is 0 Å². The molecule has 34 heavy (non-hydrogen) atoms. The van der Waals surface area contributed by atoms with E-state index < -0.39 is 5.97 Å². The van der Waals surface area contributed by atoms with Crippen LogP contribution in [0.1, 0.15) is 57.2 Å². The maximum absolute atomic E-state index is 12.8. The van der Waals surface area contributed by atoms with Gasteiger partial charge < -0.3 is 25.0 Å². The van der Waals surface area contributed by atoms with Crippen molar-refractivity contribution < 1.29 is 19.4 Å². The molecule has 0 radical (unpaired) electrons. The van der Waals surface area contributed by atoms with E-state index in [0.717, 1.165) is 25.9 Å². The summed E-state index contributed by atoms with van der Waals surface area (Å²) in [5.41, 5.74) is 1.48. The number of carbonyl (C=O) groups is 2. The number of halogens is 2. The Bertz CT molecular complexity index is 1050. The van der Waals surface area contributed by atoms with E-state index in [-0.39, 0.29) is 28.8 Å². The summed E-state index contributed by atoms with van der Waals surface area (Å²) in [4.78, 5) is 36.9. The first-order valence-corrected chi connectivity index (χ1v) is 12.9. The molecule has 4 heterocycles. The van der Waals surface area contributed by atoms with Gasteiger partial charge in [0.25, 0.3) is 5.91 Å². The van der Waals surface area contributed by atoms with Crippen LogP contribution in [0.4, 0.5) is 5.13 Å². The number of hydrogen-bond acceptors (Lipinski definition) is 7.